The van der Waals surface area contributed by atoms with E-state index in [2.05, 4.69) is 25.8 Å². The van der Waals surface area contributed by atoms with Crippen molar-refractivity contribution >= 4 is 34.8 Å². The number of fused-ring (bicyclic) bond motifs is 1. The van der Waals surface area contributed by atoms with Gasteiger partial charge in [0.25, 0.3) is 0 Å². The molecule has 0 spiro atoms. The number of nitrogens with zero attached hydrogens (tertiary/aromatic N) is 3. The van der Waals surface area contributed by atoms with Gasteiger partial charge in [0.1, 0.15) is 12.4 Å². The minimum Gasteiger partial charge on any atom is -0.326 e. The third-order valence-corrected chi connectivity index (χ3v) is 4.64. The van der Waals surface area contributed by atoms with E-state index in [1.54, 1.807) is 42.5 Å². The Hall–Kier alpha value is -4.01. The van der Waals surface area contributed by atoms with Crippen LogP contribution in [0.5, 0.6) is 0 Å². The zero-order valence-electron chi connectivity index (χ0n) is 16.3. The first-order valence-electron chi connectivity index (χ1n) is 9.48. The molecule has 30 heavy (non-hydrogen) atoms. The molecule has 9 heteroatoms. The van der Waals surface area contributed by atoms with Crippen LogP contribution in [0.1, 0.15) is 18.7 Å². The molecule has 3 amide bonds. The van der Waals surface area contributed by atoms with Gasteiger partial charge in [0.15, 0.2) is 5.82 Å². The third kappa shape index (κ3) is 4.19. The molecule has 1 aliphatic rings. The Balaban J connectivity index is 1.38. The summed E-state index contributed by atoms with van der Waals surface area (Å²) in [6, 6.07) is 14.3. The van der Waals surface area contributed by atoms with Gasteiger partial charge in [-0.15, -0.1) is 0 Å². The van der Waals surface area contributed by atoms with Crippen LogP contribution in [0.3, 0.4) is 0 Å². The van der Waals surface area contributed by atoms with Gasteiger partial charge in [0, 0.05) is 24.1 Å². The summed E-state index contributed by atoms with van der Waals surface area (Å²) >= 11 is 0. The number of H-pyrrole nitrogens is 1. The van der Waals surface area contributed by atoms with E-state index in [1.807, 2.05) is 13.0 Å². The molecule has 3 aromatic rings. The number of carbonyl (C=O) groups is 3. The van der Waals surface area contributed by atoms with E-state index in [9.17, 15) is 14.4 Å². The molecule has 0 fully saturated rings. The second kappa shape index (κ2) is 8.16. The summed E-state index contributed by atoms with van der Waals surface area (Å²) in [5.74, 6) is 0.413. The number of carbonyl (C=O) groups excluding carboxylic acids is 3. The Morgan fingerprint density at radius 1 is 1.13 bits per heavy atom. The second-order valence-corrected chi connectivity index (χ2v) is 6.92. The fourth-order valence-electron chi connectivity index (χ4n) is 3.24. The van der Waals surface area contributed by atoms with Crippen LogP contribution in [0.2, 0.25) is 0 Å². The zero-order chi connectivity index (χ0) is 21.1. The van der Waals surface area contributed by atoms with E-state index in [-0.39, 0.29) is 37.1 Å². The lowest BCUT2D eigenvalue weighted by Gasteiger charge is -2.29. The van der Waals surface area contributed by atoms with E-state index in [0.717, 1.165) is 5.56 Å². The Labute approximate surface area is 172 Å². The largest absolute Gasteiger partial charge is 0.326 e. The molecule has 4 rings (SSSR count). The Bertz CT molecular complexity index is 1120. The van der Waals surface area contributed by atoms with Gasteiger partial charge in [0.2, 0.25) is 17.7 Å². The molecule has 0 saturated heterocycles. The minimum atomic E-state index is -0.290. The van der Waals surface area contributed by atoms with E-state index < -0.39 is 0 Å². The quantitative estimate of drug-likeness (QED) is 0.603. The number of amides is 3. The predicted octanol–water partition coefficient (Wildman–Crippen LogP) is 2.48. The highest BCUT2D eigenvalue weighted by Crippen LogP contribution is 2.29. The fraction of sp³-hybridized carbons (Fsp3) is 0.190. The molecule has 0 atom stereocenters. The summed E-state index contributed by atoms with van der Waals surface area (Å²) in [7, 11) is 0. The first kappa shape index (κ1) is 19.3. The van der Waals surface area contributed by atoms with Crippen molar-refractivity contribution < 1.29 is 14.4 Å². The van der Waals surface area contributed by atoms with Crippen molar-refractivity contribution in [3.8, 4) is 11.4 Å². The molecule has 2 aromatic carbocycles. The number of aromatic nitrogens is 3. The van der Waals surface area contributed by atoms with Crippen molar-refractivity contribution in [2.45, 2.75) is 19.8 Å². The van der Waals surface area contributed by atoms with Crippen LogP contribution < -0.4 is 15.5 Å². The molecule has 0 unspecified atom stereocenters. The highest BCUT2D eigenvalue weighted by atomic mass is 16.2. The van der Waals surface area contributed by atoms with Crippen LogP contribution in [0.4, 0.5) is 17.1 Å². The van der Waals surface area contributed by atoms with Crippen LogP contribution in [0.25, 0.3) is 11.4 Å². The van der Waals surface area contributed by atoms with Gasteiger partial charge in [-0.3, -0.25) is 19.5 Å². The number of aryl methyl sites for hydroxylation is 1. The lowest BCUT2D eigenvalue weighted by atomic mass is 10.1. The van der Waals surface area contributed by atoms with Gasteiger partial charge in [-0.2, -0.15) is 5.10 Å². The number of rotatable bonds is 5. The number of benzene rings is 2. The summed E-state index contributed by atoms with van der Waals surface area (Å²) < 4.78 is 0. The number of nitrogens with one attached hydrogen (secondary N) is 3. The average molecular weight is 404 g/mol. The van der Waals surface area contributed by atoms with E-state index in [0.29, 0.717) is 28.7 Å². The minimum absolute atomic E-state index is 0.00309. The van der Waals surface area contributed by atoms with E-state index >= 15 is 0 Å². The van der Waals surface area contributed by atoms with Crippen molar-refractivity contribution in [3.05, 3.63) is 54.4 Å². The van der Waals surface area contributed by atoms with E-state index in [4.69, 9.17) is 0 Å². The smallest absolute Gasteiger partial charge is 0.244 e. The molecule has 0 saturated carbocycles. The SMILES string of the molecule is Cc1nc(-c2cccc(NC(=O)CCC(=O)N3CC(=O)Nc4ccccc43)c2)n[nH]1. The van der Waals surface area contributed by atoms with Crippen LogP contribution >= 0.6 is 0 Å². The lowest BCUT2D eigenvalue weighted by Crippen LogP contribution is -2.42. The highest BCUT2D eigenvalue weighted by Gasteiger charge is 2.26. The molecule has 1 aliphatic heterocycles. The molecule has 9 nitrogen and oxygen atoms in total. The van der Waals surface area contributed by atoms with Gasteiger partial charge >= 0.3 is 0 Å². The average Bonchev–Trinajstić information content (AvgIpc) is 3.18. The maximum absolute atomic E-state index is 12.7. The summed E-state index contributed by atoms with van der Waals surface area (Å²) in [5, 5.41) is 12.4. The molecule has 152 valence electrons. The van der Waals surface area contributed by atoms with Gasteiger partial charge in [-0.05, 0) is 31.2 Å². The molecule has 2 heterocycles. The summed E-state index contributed by atoms with van der Waals surface area (Å²) in [4.78, 5) is 42.6. The summed E-state index contributed by atoms with van der Waals surface area (Å²) in [6.07, 6.45) is -0.00361. The van der Waals surface area contributed by atoms with Gasteiger partial charge in [-0.25, -0.2) is 4.98 Å². The van der Waals surface area contributed by atoms with Gasteiger partial charge < -0.3 is 15.5 Å². The van der Waals surface area contributed by atoms with E-state index in [1.165, 1.54) is 4.90 Å². The molecule has 0 bridgehead atoms. The Kier molecular flexibility index (Phi) is 5.25. The highest BCUT2D eigenvalue weighted by molar-refractivity contribution is 6.10. The molecular weight excluding hydrogens is 384 g/mol. The first-order valence-corrected chi connectivity index (χ1v) is 9.48. The third-order valence-electron chi connectivity index (χ3n) is 4.64. The topological polar surface area (TPSA) is 120 Å². The summed E-state index contributed by atoms with van der Waals surface area (Å²) in [5.41, 5.74) is 2.59. The molecular formula is C21H20N6O3. The monoisotopic (exact) mass is 404 g/mol. The van der Waals surface area contributed by atoms with Gasteiger partial charge in [0.05, 0.1) is 11.4 Å². The number of anilines is 3. The van der Waals surface area contributed by atoms with Crippen molar-refractivity contribution in [2.24, 2.45) is 0 Å². The zero-order valence-corrected chi connectivity index (χ0v) is 16.3. The normalized spacial score (nSPS) is 12.8. The molecule has 0 aliphatic carbocycles. The maximum Gasteiger partial charge on any atom is 0.244 e. The van der Waals surface area contributed by atoms with Crippen LogP contribution in [-0.4, -0.2) is 39.4 Å². The van der Waals surface area contributed by atoms with Crippen molar-refractivity contribution in [1.82, 2.24) is 15.2 Å². The molecule has 0 radical (unpaired) electrons. The molecule has 1 aromatic heterocycles. The van der Waals surface area contributed by atoms with Crippen molar-refractivity contribution in [3.63, 3.8) is 0 Å². The Morgan fingerprint density at radius 2 is 1.97 bits per heavy atom. The van der Waals surface area contributed by atoms with Crippen LogP contribution in [-0.2, 0) is 14.4 Å². The predicted molar refractivity (Wildman–Crippen MR) is 112 cm³/mol. The fourth-order valence-corrected chi connectivity index (χ4v) is 3.24. The Morgan fingerprint density at radius 3 is 2.77 bits per heavy atom. The standard InChI is InChI=1S/C21H20N6O3/c1-13-22-21(26-25-13)14-5-4-6-15(11-14)23-18(28)9-10-20(30)27-12-19(29)24-16-7-2-3-8-17(16)27/h2-8,11H,9-10,12H2,1H3,(H,23,28)(H,24,29)(H,22,25,26). The first-order chi connectivity index (χ1) is 14.5. The van der Waals surface area contributed by atoms with Crippen molar-refractivity contribution in [1.29, 1.82) is 0 Å². The molecule has 3 N–H and O–H groups in total. The number of hydrogen-bond donors (Lipinski definition) is 3. The maximum atomic E-state index is 12.7. The number of para-hydroxylation sites is 2. The second-order valence-electron chi connectivity index (χ2n) is 6.92. The van der Waals surface area contributed by atoms with Gasteiger partial charge in [-0.1, -0.05) is 24.3 Å². The summed E-state index contributed by atoms with van der Waals surface area (Å²) in [6.45, 7) is 1.75. The number of aromatic amines is 1. The van der Waals surface area contributed by atoms with Crippen LogP contribution in [0.15, 0.2) is 48.5 Å². The lowest BCUT2D eigenvalue weighted by molar-refractivity contribution is -0.124. The number of hydrogen-bond acceptors (Lipinski definition) is 5. The van der Waals surface area contributed by atoms with Crippen LogP contribution in [0, 0.1) is 6.92 Å². The van der Waals surface area contributed by atoms with Crippen molar-refractivity contribution in [2.75, 3.05) is 22.1 Å².